The number of rotatable bonds is 7. The minimum atomic E-state index is -0.353. The normalized spacial score (nSPS) is 11.0. The van der Waals surface area contributed by atoms with Crippen molar-refractivity contribution in [3.05, 3.63) is 41.6 Å². The lowest BCUT2D eigenvalue weighted by molar-refractivity contribution is 0.261. The number of aryl methyl sites for hydroxylation is 1. The molecule has 0 unspecified atom stereocenters. The van der Waals surface area contributed by atoms with E-state index < -0.39 is 0 Å². The van der Waals surface area contributed by atoms with Crippen molar-refractivity contribution in [2.75, 3.05) is 5.75 Å². The third-order valence-electron chi connectivity index (χ3n) is 3.03. The number of hydrogen-bond acceptors (Lipinski definition) is 7. The zero-order valence-electron chi connectivity index (χ0n) is 14.1. The maximum Gasteiger partial charge on any atom is 0.305 e. The molecular formula is C17H20N4O2S2. The Morgan fingerprint density at radius 2 is 2.16 bits per heavy atom. The van der Waals surface area contributed by atoms with Crippen LogP contribution in [0.2, 0.25) is 0 Å². The Bertz CT molecular complexity index is 753. The number of unbranched alkanes of at least 4 members (excludes halogenated alkanes) is 1. The Labute approximate surface area is 155 Å². The van der Waals surface area contributed by atoms with Crippen molar-refractivity contribution >= 4 is 35.0 Å². The highest BCUT2D eigenvalue weighted by atomic mass is 32.2. The van der Waals surface area contributed by atoms with Gasteiger partial charge in [-0.3, -0.25) is 4.79 Å². The zero-order chi connectivity index (χ0) is 18.1. The largest absolute Gasteiger partial charge is 0.507 e. The molecular weight excluding hydrogens is 356 g/mol. The van der Waals surface area contributed by atoms with Crippen LogP contribution < -0.4 is 5.43 Å². The van der Waals surface area contributed by atoms with Crippen LogP contribution in [0, 0.1) is 6.92 Å². The molecule has 2 N–H and O–H groups in total. The number of para-hydroxylation sites is 1. The average molecular weight is 377 g/mol. The molecule has 2 rings (SSSR count). The summed E-state index contributed by atoms with van der Waals surface area (Å²) in [7, 11) is 0. The highest BCUT2D eigenvalue weighted by Crippen LogP contribution is 2.22. The van der Waals surface area contributed by atoms with E-state index in [4.69, 9.17) is 0 Å². The Morgan fingerprint density at radius 1 is 1.36 bits per heavy atom. The number of carbonyl (C=O) groups is 1. The second kappa shape index (κ2) is 10.0. The van der Waals surface area contributed by atoms with E-state index in [0.29, 0.717) is 15.7 Å². The molecule has 1 aromatic carbocycles. The summed E-state index contributed by atoms with van der Waals surface area (Å²) >= 11 is 2.55. The Kier molecular flexibility index (Phi) is 7.75. The summed E-state index contributed by atoms with van der Waals surface area (Å²) in [6.45, 7) is 4.02. The van der Waals surface area contributed by atoms with E-state index in [9.17, 15) is 9.90 Å². The molecule has 0 spiro atoms. The van der Waals surface area contributed by atoms with Crippen molar-refractivity contribution in [3.8, 4) is 5.75 Å². The number of nitrogens with one attached hydrogen (secondary N) is 1. The number of carbonyl (C=O) groups excluding carboxylic acids is 1. The van der Waals surface area contributed by atoms with Gasteiger partial charge in [-0.15, -0.1) is 0 Å². The number of aromatic hydroxyl groups is 1. The molecule has 132 valence electrons. The van der Waals surface area contributed by atoms with E-state index in [1.165, 1.54) is 6.21 Å². The van der Waals surface area contributed by atoms with Gasteiger partial charge in [-0.05, 0) is 43.3 Å². The Morgan fingerprint density at radius 3 is 2.92 bits per heavy atom. The molecule has 6 nitrogen and oxygen atoms in total. The number of phenols is 1. The highest BCUT2D eigenvalue weighted by molar-refractivity contribution is 8.13. The van der Waals surface area contributed by atoms with E-state index in [-0.39, 0.29) is 11.0 Å². The first-order valence-electron chi connectivity index (χ1n) is 7.86. The number of hydrogen-bond donors (Lipinski definition) is 2. The predicted octanol–water partition coefficient (Wildman–Crippen LogP) is 4.22. The molecule has 0 aliphatic heterocycles. The summed E-state index contributed by atoms with van der Waals surface area (Å²) in [6, 6.07) is 8.51. The van der Waals surface area contributed by atoms with Gasteiger partial charge >= 0.3 is 5.24 Å². The van der Waals surface area contributed by atoms with Crippen molar-refractivity contribution in [3.63, 3.8) is 0 Å². The van der Waals surface area contributed by atoms with Gasteiger partial charge in [0.25, 0.3) is 0 Å². The standard InChI is InChI=1S/C17H20N4O2S2/c1-3-4-9-24-16-19-12(2)10-15(20-16)25-17(23)21-18-11-13-7-5-6-8-14(13)22/h5-8,10-11,22H,3-4,9H2,1-2H3,(H,21,23). The van der Waals surface area contributed by atoms with Gasteiger partial charge in [0.05, 0.1) is 6.21 Å². The molecule has 8 heteroatoms. The monoisotopic (exact) mass is 376 g/mol. The number of amides is 1. The number of thioether (sulfide) groups is 2. The lowest BCUT2D eigenvalue weighted by atomic mass is 10.2. The van der Waals surface area contributed by atoms with Gasteiger partial charge in [-0.25, -0.2) is 15.4 Å². The average Bonchev–Trinajstić information content (AvgIpc) is 2.56. The van der Waals surface area contributed by atoms with Crippen molar-refractivity contribution < 1.29 is 9.90 Å². The fourth-order valence-corrected chi connectivity index (χ4v) is 3.50. The number of phenolic OH excluding ortho intramolecular Hbond substituents is 1. The lowest BCUT2D eigenvalue weighted by Crippen LogP contribution is -2.11. The Hall–Kier alpha value is -2.06. The smallest absolute Gasteiger partial charge is 0.305 e. The van der Waals surface area contributed by atoms with Crippen molar-refractivity contribution in [2.45, 2.75) is 36.9 Å². The van der Waals surface area contributed by atoms with Gasteiger partial charge < -0.3 is 5.11 Å². The number of nitrogens with zero attached hydrogens (tertiary/aromatic N) is 3. The second-order valence-electron chi connectivity index (χ2n) is 5.15. The van der Waals surface area contributed by atoms with Gasteiger partial charge in [0.15, 0.2) is 5.16 Å². The van der Waals surface area contributed by atoms with Crippen LogP contribution >= 0.6 is 23.5 Å². The van der Waals surface area contributed by atoms with Gasteiger partial charge in [0, 0.05) is 17.0 Å². The Balaban J connectivity index is 1.92. The van der Waals surface area contributed by atoms with Crippen LogP contribution in [0.1, 0.15) is 31.0 Å². The molecule has 1 heterocycles. The SMILES string of the molecule is CCCCSc1nc(C)cc(SC(=O)NN=Cc2ccccc2O)n1. The van der Waals surface area contributed by atoms with Crippen LogP contribution in [0.25, 0.3) is 0 Å². The van der Waals surface area contributed by atoms with Gasteiger partial charge in [-0.2, -0.15) is 5.10 Å². The van der Waals surface area contributed by atoms with Crippen molar-refractivity contribution in [1.82, 2.24) is 15.4 Å². The molecule has 0 saturated carbocycles. The summed E-state index contributed by atoms with van der Waals surface area (Å²) < 4.78 is 0. The third-order valence-corrected chi connectivity index (χ3v) is 4.66. The zero-order valence-corrected chi connectivity index (χ0v) is 15.7. The number of hydrazone groups is 1. The van der Waals surface area contributed by atoms with Gasteiger partial charge in [0.2, 0.25) is 0 Å². The van der Waals surface area contributed by atoms with E-state index in [1.807, 2.05) is 6.92 Å². The fourth-order valence-electron chi connectivity index (χ4n) is 1.81. The quantitative estimate of drug-likeness (QED) is 0.188. The molecule has 1 amide bonds. The first kappa shape index (κ1) is 19.3. The third kappa shape index (κ3) is 6.75. The summed E-state index contributed by atoms with van der Waals surface area (Å²) in [5.74, 6) is 1.06. The molecule has 0 bridgehead atoms. The van der Waals surface area contributed by atoms with Crippen LogP contribution in [-0.2, 0) is 0 Å². The van der Waals surface area contributed by atoms with Crippen molar-refractivity contribution in [1.29, 1.82) is 0 Å². The second-order valence-corrected chi connectivity index (χ2v) is 7.21. The van der Waals surface area contributed by atoms with Crippen LogP contribution in [0.3, 0.4) is 0 Å². The maximum absolute atomic E-state index is 12.0. The van der Waals surface area contributed by atoms with E-state index in [2.05, 4.69) is 27.4 Å². The van der Waals surface area contributed by atoms with E-state index in [0.717, 1.165) is 36.1 Å². The van der Waals surface area contributed by atoms with Gasteiger partial charge in [-0.1, -0.05) is 37.2 Å². The molecule has 0 aliphatic carbocycles. The highest BCUT2D eigenvalue weighted by Gasteiger charge is 2.08. The van der Waals surface area contributed by atoms with E-state index in [1.54, 1.807) is 42.1 Å². The van der Waals surface area contributed by atoms with Crippen molar-refractivity contribution in [2.24, 2.45) is 5.10 Å². The molecule has 0 fully saturated rings. The van der Waals surface area contributed by atoms with Crippen LogP contribution in [0.5, 0.6) is 5.75 Å². The van der Waals surface area contributed by atoms with Crippen LogP contribution in [0.15, 0.2) is 45.6 Å². The molecule has 1 aromatic heterocycles. The maximum atomic E-state index is 12.0. The van der Waals surface area contributed by atoms with Crippen LogP contribution in [-0.4, -0.2) is 32.3 Å². The summed E-state index contributed by atoms with van der Waals surface area (Å²) in [6.07, 6.45) is 3.62. The first-order chi connectivity index (χ1) is 12.1. The minimum Gasteiger partial charge on any atom is -0.507 e. The number of aromatic nitrogens is 2. The van der Waals surface area contributed by atoms with E-state index >= 15 is 0 Å². The van der Waals surface area contributed by atoms with Gasteiger partial charge in [0.1, 0.15) is 10.8 Å². The minimum absolute atomic E-state index is 0.105. The molecule has 25 heavy (non-hydrogen) atoms. The molecule has 0 atom stereocenters. The molecule has 0 radical (unpaired) electrons. The topological polar surface area (TPSA) is 87.5 Å². The lowest BCUT2D eigenvalue weighted by Gasteiger charge is -2.04. The molecule has 0 aliphatic rings. The fraction of sp³-hybridized carbons (Fsp3) is 0.294. The molecule has 2 aromatic rings. The molecule has 0 saturated heterocycles. The number of benzene rings is 1. The predicted molar refractivity (Wildman–Crippen MR) is 102 cm³/mol. The summed E-state index contributed by atoms with van der Waals surface area (Å²) in [5.41, 5.74) is 3.76. The first-order valence-corrected chi connectivity index (χ1v) is 9.66. The summed E-state index contributed by atoms with van der Waals surface area (Å²) in [4.78, 5) is 20.7. The summed E-state index contributed by atoms with van der Waals surface area (Å²) in [5, 5.41) is 14.4. The van der Waals surface area contributed by atoms with Crippen LogP contribution in [0.4, 0.5) is 4.79 Å².